The minimum atomic E-state index is -4.74. The molecule has 0 aromatic heterocycles. The fraction of sp³-hybridized carbons (Fsp3) is 0.391. The quantitative estimate of drug-likeness (QED) is 0.713. The van der Waals surface area contributed by atoms with Crippen LogP contribution in [0.5, 0.6) is 0 Å². The molecular formula is C23H23F3N2O3. The lowest BCUT2D eigenvalue weighted by Gasteiger charge is -2.37. The molecule has 0 radical (unpaired) electrons. The molecule has 1 fully saturated rings. The normalized spacial score (nSPS) is 16.9. The lowest BCUT2D eigenvalue weighted by Crippen LogP contribution is -2.51. The Morgan fingerprint density at radius 3 is 2.45 bits per heavy atom. The van der Waals surface area contributed by atoms with Gasteiger partial charge >= 0.3 is 6.18 Å². The Balaban J connectivity index is 1.85. The SMILES string of the molecule is N#Cc1ccc(NC(=O)C(O)(CCc2ccccc2)C2CCOCC2)cc1C(F)(F)F. The smallest absolute Gasteiger partial charge is 0.381 e. The van der Waals surface area contributed by atoms with Crippen LogP contribution in [0.25, 0.3) is 0 Å². The van der Waals surface area contributed by atoms with E-state index in [0.29, 0.717) is 32.5 Å². The molecule has 5 nitrogen and oxygen atoms in total. The molecule has 1 amide bonds. The molecule has 31 heavy (non-hydrogen) atoms. The third kappa shape index (κ3) is 5.43. The molecule has 3 rings (SSSR count). The van der Waals surface area contributed by atoms with Crippen molar-refractivity contribution in [2.24, 2.45) is 5.92 Å². The lowest BCUT2D eigenvalue weighted by molar-refractivity contribution is -0.145. The number of hydrogen-bond donors (Lipinski definition) is 2. The fourth-order valence-corrected chi connectivity index (χ4v) is 3.85. The van der Waals surface area contributed by atoms with Gasteiger partial charge in [0.05, 0.1) is 17.2 Å². The maximum Gasteiger partial charge on any atom is 0.417 e. The monoisotopic (exact) mass is 432 g/mol. The van der Waals surface area contributed by atoms with Gasteiger partial charge in [0.2, 0.25) is 0 Å². The molecule has 1 aliphatic heterocycles. The standard InChI is InChI=1S/C23H23F3N2O3/c24-23(25,26)20-14-19(7-6-17(20)15-27)28-21(29)22(30,18-9-12-31-13-10-18)11-8-16-4-2-1-3-5-16/h1-7,14,18,30H,8-13H2,(H,28,29). The lowest BCUT2D eigenvalue weighted by atomic mass is 9.77. The van der Waals surface area contributed by atoms with Gasteiger partial charge in [-0.15, -0.1) is 0 Å². The highest BCUT2D eigenvalue weighted by atomic mass is 19.4. The second-order valence-electron chi connectivity index (χ2n) is 7.62. The van der Waals surface area contributed by atoms with Gasteiger partial charge in [0.15, 0.2) is 0 Å². The van der Waals surface area contributed by atoms with Crippen molar-refractivity contribution in [2.75, 3.05) is 18.5 Å². The maximum absolute atomic E-state index is 13.3. The summed E-state index contributed by atoms with van der Waals surface area (Å²) in [6.07, 6.45) is -3.24. The molecule has 164 valence electrons. The average molecular weight is 432 g/mol. The molecule has 1 heterocycles. The predicted octanol–water partition coefficient (Wildman–Crippen LogP) is 4.31. The van der Waals surface area contributed by atoms with Gasteiger partial charge in [0, 0.05) is 24.8 Å². The van der Waals surface area contributed by atoms with E-state index >= 15 is 0 Å². The topological polar surface area (TPSA) is 82.4 Å². The summed E-state index contributed by atoms with van der Waals surface area (Å²) in [5.41, 5.74) is -2.62. The number of nitrogens with zero attached hydrogens (tertiary/aromatic N) is 1. The summed E-state index contributed by atoms with van der Waals surface area (Å²) in [6.45, 7) is 0.807. The number of carbonyl (C=O) groups excluding carboxylic acids is 1. The number of anilines is 1. The van der Waals surface area contributed by atoms with Crippen molar-refractivity contribution >= 4 is 11.6 Å². The molecule has 0 bridgehead atoms. The first-order valence-corrected chi connectivity index (χ1v) is 10.0. The zero-order valence-electron chi connectivity index (χ0n) is 16.8. The van der Waals surface area contributed by atoms with Crippen LogP contribution in [-0.2, 0) is 22.1 Å². The number of carbonyl (C=O) groups is 1. The Morgan fingerprint density at radius 2 is 1.84 bits per heavy atom. The van der Waals surface area contributed by atoms with Crippen LogP contribution in [0.4, 0.5) is 18.9 Å². The molecule has 0 spiro atoms. The molecule has 2 aromatic carbocycles. The molecule has 1 aliphatic rings. The van der Waals surface area contributed by atoms with E-state index in [1.54, 1.807) is 0 Å². The molecular weight excluding hydrogens is 409 g/mol. The van der Waals surface area contributed by atoms with Gasteiger partial charge in [-0.3, -0.25) is 4.79 Å². The molecule has 1 atom stereocenters. The molecule has 2 aromatic rings. The number of amides is 1. The van der Waals surface area contributed by atoms with Gasteiger partial charge in [-0.1, -0.05) is 30.3 Å². The molecule has 8 heteroatoms. The summed E-state index contributed by atoms with van der Waals surface area (Å²) >= 11 is 0. The number of nitriles is 1. The summed E-state index contributed by atoms with van der Waals surface area (Å²) in [4.78, 5) is 13.1. The Hall–Kier alpha value is -2.89. The van der Waals surface area contributed by atoms with Crippen molar-refractivity contribution in [3.8, 4) is 6.07 Å². The highest BCUT2D eigenvalue weighted by Crippen LogP contribution is 2.35. The average Bonchev–Trinajstić information content (AvgIpc) is 2.78. The van der Waals surface area contributed by atoms with Gasteiger partial charge in [-0.2, -0.15) is 18.4 Å². The van der Waals surface area contributed by atoms with Crippen LogP contribution in [0.1, 0.15) is 36.0 Å². The van der Waals surface area contributed by atoms with Crippen LogP contribution >= 0.6 is 0 Å². The van der Waals surface area contributed by atoms with Crippen molar-refractivity contribution in [2.45, 2.75) is 37.5 Å². The number of hydrogen-bond acceptors (Lipinski definition) is 4. The van der Waals surface area contributed by atoms with Crippen LogP contribution < -0.4 is 5.32 Å². The van der Waals surface area contributed by atoms with Crippen LogP contribution in [-0.4, -0.2) is 29.8 Å². The third-order valence-corrected chi connectivity index (χ3v) is 5.63. The summed E-state index contributed by atoms with van der Waals surface area (Å²) in [6, 6.07) is 13.8. The minimum Gasteiger partial charge on any atom is -0.381 e. The summed E-state index contributed by atoms with van der Waals surface area (Å²) < 4.78 is 45.1. The Kier molecular flexibility index (Phi) is 6.98. The second kappa shape index (κ2) is 9.50. The number of aliphatic hydroxyl groups is 1. The van der Waals surface area contributed by atoms with Gasteiger partial charge in [-0.25, -0.2) is 0 Å². The Morgan fingerprint density at radius 1 is 1.16 bits per heavy atom. The predicted molar refractivity (Wildman–Crippen MR) is 108 cm³/mol. The number of nitrogens with one attached hydrogen (secondary N) is 1. The first-order chi connectivity index (χ1) is 14.7. The largest absolute Gasteiger partial charge is 0.417 e. The van der Waals surface area contributed by atoms with E-state index in [1.807, 2.05) is 30.3 Å². The highest BCUT2D eigenvalue weighted by molar-refractivity contribution is 5.97. The number of ether oxygens (including phenoxy) is 1. The fourth-order valence-electron chi connectivity index (χ4n) is 3.85. The van der Waals surface area contributed by atoms with Gasteiger partial charge in [0.1, 0.15) is 5.60 Å². The maximum atomic E-state index is 13.3. The number of halogens is 3. The van der Waals surface area contributed by atoms with E-state index in [2.05, 4.69) is 5.32 Å². The van der Waals surface area contributed by atoms with E-state index in [0.717, 1.165) is 17.7 Å². The second-order valence-corrected chi connectivity index (χ2v) is 7.62. The number of alkyl halides is 3. The zero-order chi connectivity index (χ0) is 22.5. The summed E-state index contributed by atoms with van der Waals surface area (Å²) in [7, 11) is 0. The van der Waals surface area contributed by atoms with Crippen molar-refractivity contribution in [3.05, 3.63) is 65.2 Å². The number of benzene rings is 2. The third-order valence-electron chi connectivity index (χ3n) is 5.63. The molecule has 1 saturated heterocycles. The van der Waals surface area contributed by atoms with Crippen molar-refractivity contribution in [3.63, 3.8) is 0 Å². The van der Waals surface area contributed by atoms with Gasteiger partial charge < -0.3 is 15.2 Å². The number of aryl methyl sites for hydroxylation is 1. The van der Waals surface area contributed by atoms with E-state index in [4.69, 9.17) is 10.00 Å². The molecule has 0 aliphatic carbocycles. The molecule has 2 N–H and O–H groups in total. The molecule has 0 saturated carbocycles. The van der Waals surface area contributed by atoms with Crippen LogP contribution in [0.15, 0.2) is 48.5 Å². The first-order valence-electron chi connectivity index (χ1n) is 10.0. The number of rotatable bonds is 6. The van der Waals surface area contributed by atoms with Crippen molar-refractivity contribution < 1.29 is 27.8 Å². The first kappa shape index (κ1) is 22.8. The van der Waals surface area contributed by atoms with Crippen LogP contribution in [0.2, 0.25) is 0 Å². The zero-order valence-corrected chi connectivity index (χ0v) is 16.8. The van der Waals surface area contributed by atoms with E-state index < -0.39 is 28.8 Å². The van der Waals surface area contributed by atoms with E-state index in [1.165, 1.54) is 12.1 Å². The van der Waals surface area contributed by atoms with Crippen molar-refractivity contribution in [1.29, 1.82) is 5.26 Å². The van der Waals surface area contributed by atoms with Crippen LogP contribution in [0.3, 0.4) is 0 Å². The summed E-state index contributed by atoms with van der Waals surface area (Å²) in [5, 5.41) is 22.8. The van der Waals surface area contributed by atoms with Gasteiger partial charge in [-0.05, 0) is 49.4 Å². The van der Waals surface area contributed by atoms with E-state index in [-0.39, 0.29) is 18.0 Å². The van der Waals surface area contributed by atoms with E-state index in [9.17, 15) is 23.1 Å². The minimum absolute atomic E-state index is 0.121. The Labute approximate surface area is 178 Å². The van der Waals surface area contributed by atoms with Crippen LogP contribution in [0, 0.1) is 17.2 Å². The van der Waals surface area contributed by atoms with Gasteiger partial charge in [0.25, 0.3) is 5.91 Å². The van der Waals surface area contributed by atoms with Crippen molar-refractivity contribution in [1.82, 2.24) is 0 Å². The highest BCUT2D eigenvalue weighted by Gasteiger charge is 2.44. The Bertz CT molecular complexity index is 951. The summed E-state index contributed by atoms with van der Waals surface area (Å²) in [5.74, 6) is -1.14. The molecule has 1 unspecified atom stereocenters.